The Balaban J connectivity index is 2.09. The third-order valence-electron chi connectivity index (χ3n) is 2.33. The van der Waals surface area contributed by atoms with Crippen molar-refractivity contribution in [3.63, 3.8) is 0 Å². The van der Waals surface area contributed by atoms with Crippen molar-refractivity contribution in [2.24, 2.45) is 0 Å². The van der Waals surface area contributed by atoms with Crippen molar-refractivity contribution in [1.82, 2.24) is 15.5 Å². The Kier molecular flexibility index (Phi) is 3.31. The standard InChI is InChI=1S/C12H17N3OS/c1-8-6-17-7-9(8)11-14-10(16-15-11)5-13-12(2,3)4/h6-7,13H,5H2,1-4H3. The molecule has 5 heteroatoms. The molecule has 0 spiro atoms. The lowest BCUT2D eigenvalue weighted by Crippen LogP contribution is -2.35. The van der Waals surface area contributed by atoms with Gasteiger partial charge in [-0.2, -0.15) is 16.3 Å². The maximum Gasteiger partial charge on any atom is 0.240 e. The van der Waals surface area contributed by atoms with E-state index in [0.29, 0.717) is 18.3 Å². The lowest BCUT2D eigenvalue weighted by Gasteiger charge is -2.18. The van der Waals surface area contributed by atoms with E-state index >= 15 is 0 Å². The van der Waals surface area contributed by atoms with Crippen LogP contribution in [-0.2, 0) is 6.54 Å². The van der Waals surface area contributed by atoms with Gasteiger partial charge in [0.2, 0.25) is 11.7 Å². The molecule has 2 rings (SSSR count). The van der Waals surface area contributed by atoms with E-state index in [-0.39, 0.29) is 5.54 Å². The van der Waals surface area contributed by atoms with Crippen molar-refractivity contribution in [3.8, 4) is 11.4 Å². The average Bonchev–Trinajstić information content (AvgIpc) is 2.81. The van der Waals surface area contributed by atoms with Gasteiger partial charge in [0.05, 0.1) is 6.54 Å². The number of thiophene rings is 1. The van der Waals surface area contributed by atoms with Crippen LogP contribution in [0.15, 0.2) is 15.3 Å². The second-order valence-corrected chi connectivity index (χ2v) is 5.83. The molecule has 2 aromatic rings. The zero-order valence-electron chi connectivity index (χ0n) is 10.6. The van der Waals surface area contributed by atoms with E-state index in [1.54, 1.807) is 11.3 Å². The number of hydrogen-bond acceptors (Lipinski definition) is 5. The first-order valence-corrected chi connectivity index (χ1v) is 6.51. The topological polar surface area (TPSA) is 51.0 Å². The molecule has 0 saturated heterocycles. The Bertz CT molecular complexity index is 496. The van der Waals surface area contributed by atoms with Crippen molar-refractivity contribution in [3.05, 3.63) is 22.2 Å². The Morgan fingerprint density at radius 2 is 2.12 bits per heavy atom. The minimum Gasteiger partial charge on any atom is -0.338 e. The fourth-order valence-electron chi connectivity index (χ4n) is 1.37. The van der Waals surface area contributed by atoms with Crippen molar-refractivity contribution >= 4 is 11.3 Å². The predicted molar refractivity (Wildman–Crippen MR) is 68.9 cm³/mol. The van der Waals surface area contributed by atoms with Gasteiger partial charge in [0.1, 0.15) is 0 Å². The highest BCUT2D eigenvalue weighted by molar-refractivity contribution is 7.08. The van der Waals surface area contributed by atoms with Crippen LogP contribution in [0.2, 0.25) is 0 Å². The van der Waals surface area contributed by atoms with E-state index in [4.69, 9.17) is 4.52 Å². The van der Waals surface area contributed by atoms with Gasteiger partial charge < -0.3 is 9.84 Å². The van der Waals surface area contributed by atoms with Gasteiger partial charge in [-0.15, -0.1) is 0 Å². The fraction of sp³-hybridized carbons (Fsp3) is 0.500. The zero-order chi connectivity index (χ0) is 12.5. The molecule has 0 unspecified atom stereocenters. The van der Waals surface area contributed by atoms with E-state index in [1.165, 1.54) is 5.56 Å². The first-order chi connectivity index (χ1) is 7.96. The van der Waals surface area contributed by atoms with E-state index in [9.17, 15) is 0 Å². The van der Waals surface area contributed by atoms with Gasteiger partial charge in [-0.25, -0.2) is 0 Å². The normalized spacial score (nSPS) is 12.0. The summed E-state index contributed by atoms with van der Waals surface area (Å²) in [4.78, 5) is 4.38. The molecule has 0 fully saturated rings. The Hall–Kier alpha value is -1.20. The van der Waals surface area contributed by atoms with Gasteiger partial charge in [-0.3, -0.25) is 0 Å². The van der Waals surface area contributed by atoms with E-state index in [1.807, 2.05) is 5.38 Å². The lowest BCUT2D eigenvalue weighted by atomic mass is 10.1. The van der Waals surface area contributed by atoms with Crippen LogP contribution in [-0.4, -0.2) is 15.7 Å². The summed E-state index contributed by atoms with van der Waals surface area (Å²) in [5.74, 6) is 1.30. The molecule has 4 nitrogen and oxygen atoms in total. The summed E-state index contributed by atoms with van der Waals surface area (Å²) < 4.78 is 5.22. The van der Waals surface area contributed by atoms with Crippen LogP contribution in [0.3, 0.4) is 0 Å². The van der Waals surface area contributed by atoms with Crippen LogP contribution in [0.4, 0.5) is 0 Å². The second-order valence-electron chi connectivity index (χ2n) is 5.08. The Morgan fingerprint density at radius 1 is 1.35 bits per heavy atom. The molecular weight excluding hydrogens is 234 g/mol. The molecular formula is C12H17N3OS. The maximum absolute atomic E-state index is 5.22. The van der Waals surface area contributed by atoms with E-state index in [2.05, 4.69) is 48.5 Å². The van der Waals surface area contributed by atoms with Crippen LogP contribution >= 0.6 is 11.3 Å². The minimum atomic E-state index is 0.0485. The van der Waals surface area contributed by atoms with E-state index in [0.717, 1.165) is 5.56 Å². The predicted octanol–water partition coefficient (Wildman–Crippen LogP) is 2.99. The summed E-state index contributed by atoms with van der Waals surface area (Å²) in [6.45, 7) is 8.96. The van der Waals surface area contributed by atoms with Crippen LogP contribution in [0.5, 0.6) is 0 Å². The zero-order valence-corrected chi connectivity index (χ0v) is 11.4. The number of aryl methyl sites for hydroxylation is 1. The van der Waals surface area contributed by atoms with Gasteiger partial charge in [-0.1, -0.05) is 5.16 Å². The molecule has 0 atom stereocenters. The molecule has 0 aliphatic rings. The second kappa shape index (κ2) is 4.58. The molecule has 2 heterocycles. The molecule has 0 radical (unpaired) electrons. The van der Waals surface area contributed by atoms with Crippen LogP contribution < -0.4 is 5.32 Å². The molecule has 2 aromatic heterocycles. The first-order valence-electron chi connectivity index (χ1n) is 5.56. The monoisotopic (exact) mass is 251 g/mol. The summed E-state index contributed by atoms with van der Waals surface area (Å²) >= 11 is 1.65. The summed E-state index contributed by atoms with van der Waals surface area (Å²) in [6, 6.07) is 0. The van der Waals surface area contributed by atoms with Crippen LogP contribution in [0, 0.1) is 6.92 Å². The summed E-state index contributed by atoms with van der Waals surface area (Å²) in [5, 5.41) is 11.4. The molecule has 92 valence electrons. The molecule has 0 aliphatic carbocycles. The molecule has 0 aromatic carbocycles. The molecule has 0 bridgehead atoms. The van der Waals surface area contributed by atoms with Gasteiger partial charge in [-0.05, 0) is 38.6 Å². The highest BCUT2D eigenvalue weighted by Crippen LogP contribution is 2.24. The van der Waals surface area contributed by atoms with Crippen molar-refractivity contribution in [1.29, 1.82) is 0 Å². The Morgan fingerprint density at radius 3 is 2.71 bits per heavy atom. The first kappa shape index (κ1) is 12.3. The van der Waals surface area contributed by atoms with Gasteiger partial charge in [0.15, 0.2) is 0 Å². The summed E-state index contributed by atoms with van der Waals surface area (Å²) in [5.41, 5.74) is 2.29. The molecule has 0 aliphatic heterocycles. The average molecular weight is 251 g/mol. The largest absolute Gasteiger partial charge is 0.338 e. The van der Waals surface area contributed by atoms with Gasteiger partial charge in [0.25, 0.3) is 0 Å². The van der Waals surface area contributed by atoms with Crippen molar-refractivity contribution in [2.75, 3.05) is 0 Å². The fourth-order valence-corrected chi connectivity index (χ4v) is 2.19. The van der Waals surface area contributed by atoms with E-state index < -0.39 is 0 Å². The molecule has 0 amide bonds. The molecule has 0 saturated carbocycles. The van der Waals surface area contributed by atoms with Crippen LogP contribution in [0.25, 0.3) is 11.4 Å². The number of rotatable bonds is 3. The van der Waals surface area contributed by atoms with Crippen molar-refractivity contribution < 1.29 is 4.52 Å². The summed E-state index contributed by atoms with van der Waals surface area (Å²) in [7, 11) is 0. The summed E-state index contributed by atoms with van der Waals surface area (Å²) in [6.07, 6.45) is 0. The SMILES string of the molecule is Cc1cscc1-c1noc(CNC(C)(C)C)n1. The van der Waals surface area contributed by atoms with Crippen molar-refractivity contribution in [2.45, 2.75) is 39.8 Å². The highest BCUT2D eigenvalue weighted by Gasteiger charge is 2.14. The molecule has 17 heavy (non-hydrogen) atoms. The Labute approximate surface area is 105 Å². The number of nitrogens with zero attached hydrogens (tertiary/aromatic N) is 2. The molecule has 1 N–H and O–H groups in total. The maximum atomic E-state index is 5.22. The van der Waals surface area contributed by atoms with Gasteiger partial charge >= 0.3 is 0 Å². The third kappa shape index (κ3) is 3.14. The quantitative estimate of drug-likeness (QED) is 0.911. The smallest absolute Gasteiger partial charge is 0.240 e. The lowest BCUT2D eigenvalue weighted by molar-refractivity contribution is 0.336. The highest BCUT2D eigenvalue weighted by atomic mass is 32.1. The number of aromatic nitrogens is 2. The number of nitrogens with one attached hydrogen (secondary N) is 1. The minimum absolute atomic E-state index is 0.0485. The van der Waals surface area contributed by atoms with Gasteiger partial charge in [0, 0.05) is 16.5 Å². The third-order valence-corrected chi connectivity index (χ3v) is 3.20. The number of hydrogen-bond donors (Lipinski definition) is 1. The van der Waals surface area contributed by atoms with Crippen LogP contribution in [0.1, 0.15) is 32.2 Å².